The van der Waals surface area contributed by atoms with Crippen LogP contribution in [0.2, 0.25) is 0 Å². The largest absolute Gasteiger partial charge is 0.444 e. The van der Waals surface area contributed by atoms with Crippen LogP contribution < -0.4 is 10.6 Å². The predicted molar refractivity (Wildman–Crippen MR) is 99.8 cm³/mol. The van der Waals surface area contributed by atoms with Gasteiger partial charge in [0.25, 0.3) is 0 Å². The smallest absolute Gasteiger partial charge is 0.412 e. The molecule has 0 saturated carbocycles. The van der Waals surface area contributed by atoms with Crippen LogP contribution in [0.25, 0.3) is 0 Å². The molecule has 0 aliphatic heterocycles. The Balaban J connectivity index is 2.13. The van der Waals surface area contributed by atoms with E-state index in [-0.39, 0.29) is 23.7 Å². The van der Waals surface area contributed by atoms with Crippen LogP contribution in [0.1, 0.15) is 31.9 Å². The maximum absolute atomic E-state index is 13.6. The minimum atomic E-state index is -0.682. The number of amides is 2. The fourth-order valence-corrected chi connectivity index (χ4v) is 2.32. The van der Waals surface area contributed by atoms with Crippen LogP contribution in [0.4, 0.5) is 20.6 Å². The van der Waals surface area contributed by atoms with Crippen molar-refractivity contribution < 1.29 is 18.7 Å². The molecule has 2 rings (SSSR count). The highest BCUT2D eigenvalue weighted by molar-refractivity contribution is 5.98. The van der Waals surface area contributed by atoms with Crippen molar-refractivity contribution in [3.63, 3.8) is 0 Å². The van der Waals surface area contributed by atoms with Gasteiger partial charge < -0.3 is 10.1 Å². The van der Waals surface area contributed by atoms with E-state index < -0.39 is 17.5 Å². The van der Waals surface area contributed by atoms with Crippen molar-refractivity contribution >= 4 is 23.4 Å². The summed E-state index contributed by atoms with van der Waals surface area (Å²) in [6.45, 7) is 7.13. The Morgan fingerprint density at radius 1 is 1.04 bits per heavy atom. The Hall–Kier alpha value is -2.89. The van der Waals surface area contributed by atoms with Crippen LogP contribution in [0.5, 0.6) is 0 Å². The number of nitrogens with one attached hydrogen (secondary N) is 2. The second-order valence-electron chi connectivity index (χ2n) is 6.97. The van der Waals surface area contributed by atoms with Crippen molar-refractivity contribution in [3.8, 4) is 0 Å². The van der Waals surface area contributed by atoms with Gasteiger partial charge in [-0.3, -0.25) is 10.1 Å². The summed E-state index contributed by atoms with van der Waals surface area (Å²) >= 11 is 0. The van der Waals surface area contributed by atoms with Gasteiger partial charge in [0.05, 0.1) is 17.8 Å². The minimum absolute atomic E-state index is 0.148. The van der Waals surface area contributed by atoms with Crippen LogP contribution in [0.15, 0.2) is 42.5 Å². The number of hydrogen-bond acceptors (Lipinski definition) is 3. The SMILES string of the molecule is Cc1ccccc1CC(=O)Nc1cc(F)ccc1NC(=O)OC(C)(C)C. The van der Waals surface area contributed by atoms with Gasteiger partial charge in [-0.1, -0.05) is 24.3 Å². The molecule has 0 aromatic heterocycles. The molecule has 0 aliphatic rings. The number of ether oxygens (including phenoxy) is 1. The van der Waals surface area contributed by atoms with Crippen molar-refractivity contribution in [1.29, 1.82) is 0 Å². The predicted octanol–water partition coefficient (Wildman–Crippen LogP) is 4.66. The number of carbonyl (C=O) groups excluding carboxylic acids is 2. The number of rotatable bonds is 4. The first kappa shape index (κ1) is 19.4. The van der Waals surface area contributed by atoms with Gasteiger partial charge in [0.2, 0.25) is 5.91 Å². The Bertz CT molecular complexity index is 813. The summed E-state index contributed by atoms with van der Waals surface area (Å²) in [6.07, 6.45) is -0.534. The second kappa shape index (κ2) is 7.99. The molecule has 5 nitrogen and oxygen atoms in total. The summed E-state index contributed by atoms with van der Waals surface area (Å²) in [4.78, 5) is 24.3. The van der Waals surface area contributed by atoms with Gasteiger partial charge in [0.15, 0.2) is 0 Å². The monoisotopic (exact) mass is 358 g/mol. The van der Waals surface area contributed by atoms with Crippen molar-refractivity contribution in [2.24, 2.45) is 0 Å². The average Bonchev–Trinajstić information content (AvgIpc) is 2.50. The Labute approximate surface area is 152 Å². The van der Waals surface area contributed by atoms with E-state index in [0.717, 1.165) is 17.2 Å². The van der Waals surface area contributed by atoms with Crippen LogP contribution in [-0.2, 0) is 16.0 Å². The molecule has 0 aliphatic carbocycles. The lowest BCUT2D eigenvalue weighted by Gasteiger charge is -2.20. The van der Waals surface area contributed by atoms with Gasteiger partial charge in [-0.05, 0) is 57.0 Å². The van der Waals surface area contributed by atoms with Crippen molar-refractivity contribution in [1.82, 2.24) is 0 Å². The van der Waals surface area contributed by atoms with Gasteiger partial charge in [0, 0.05) is 0 Å². The van der Waals surface area contributed by atoms with E-state index in [1.807, 2.05) is 31.2 Å². The highest BCUT2D eigenvalue weighted by atomic mass is 19.1. The summed E-state index contributed by atoms with van der Waals surface area (Å²) in [5.74, 6) is -0.830. The number of benzene rings is 2. The van der Waals surface area contributed by atoms with Gasteiger partial charge in [-0.15, -0.1) is 0 Å². The Morgan fingerprint density at radius 2 is 1.73 bits per heavy atom. The third-order valence-corrected chi connectivity index (χ3v) is 3.50. The molecule has 2 amide bonds. The lowest BCUT2D eigenvalue weighted by atomic mass is 10.1. The zero-order valence-electron chi connectivity index (χ0n) is 15.4. The van der Waals surface area contributed by atoms with E-state index in [4.69, 9.17) is 4.74 Å². The molecule has 0 spiro atoms. The zero-order valence-corrected chi connectivity index (χ0v) is 15.4. The normalized spacial score (nSPS) is 11.0. The molecule has 2 N–H and O–H groups in total. The van der Waals surface area contributed by atoms with Crippen molar-refractivity contribution in [2.75, 3.05) is 10.6 Å². The number of aryl methyl sites for hydroxylation is 1. The molecule has 2 aromatic rings. The van der Waals surface area contributed by atoms with E-state index in [1.54, 1.807) is 20.8 Å². The summed E-state index contributed by atoms with van der Waals surface area (Å²) in [7, 11) is 0. The number of carbonyl (C=O) groups is 2. The highest BCUT2D eigenvalue weighted by Crippen LogP contribution is 2.24. The molecular formula is C20H23FN2O3. The van der Waals surface area contributed by atoms with Crippen molar-refractivity contribution in [2.45, 2.75) is 39.7 Å². The quantitative estimate of drug-likeness (QED) is 0.835. The molecule has 0 heterocycles. The summed E-state index contributed by atoms with van der Waals surface area (Å²) < 4.78 is 18.8. The van der Waals surface area contributed by atoms with Gasteiger partial charge in [-0.2, -0.15) is 0 Å². The molecule has 6 heteroatoms. The van der Waals surface area contributed by atoms with Crippen LogP contribution in [0, 0.1) is 12.7 Å². The fourth-order valence-electron chi connectivity index (χ4n) is 2.32. The van der Waals surface area contributed by atoms with Crippen molar-refractivity contribution in [3.05, 3.63) is 59.4 Å². The van der Waals surface area contributed by atoms with E-state index in [1.165, 1.54) is 12.1 Å². The maximum Gasteiger partial charge on any atom is 0.412 e. The van der Waals surface area contributed by atoms with E-state index >= 15 is 0 Å². The molecule has 0 bridgehead atoms. The van der Waals surface area contributed by atoms with Crippen LogP contribution >= 0.6 is 0 Å². The lowest BCUT2D eigenvalue weighted by Crippen LogP contribution is -2.27. The van der Waals surface area contributed by atoms with E-state index in [0.29, 0.717) is 0 Å². The Morgan fingerprint density at radius 3 is 2.38 bits per heavy atom. The molecule has 0 unspecified atom stereocenters. The van der Waals surface area contributed by atoms with E-state index in [2.05, 4.69) is 10.6 Å². The topological polar surface area (TPSA) is 67.4 Å². The lowest BCUT2D eigenvalue weighted by molar-refractivity contribution is -0.115. The molecule has 0 radical (unpaired) electrons. The molecule has 0 saturated heterocycles. The third-order valence-electron chi connectivity index (χ3n) is 3.50. The molecule has 138 valence electrons. The van der Waals surface area contributed by atoms with Gasteiger partial charge in [-0.25, -0.2) is 9.18 Å². The maximum atomic E-state index is 13.6. The summed E-state index contributed by atoms with van der Waals surface area (Å²) in [6, 6.07) is 11.3. The summed E-state index contributed by atoms with van der Waals surface area (Å²) in [5.41, 5.74) is 1.64. The molecular weight excluding hydrogens is 335 g/mol. The highest BCUT2D eigenvalue weighted by Gasteiger charge is 2.18. The zero-order chi connectivity index (χ0) is 19.3. The minimum Gasteiger partial charge on any atom is -0.444 e. The standard InChI is InChI=1S/C20H23FN2O3/c1-13-7-5-6-8-14(13)11-18(24)22-17-12-15(21)9-10-16(17)23-19(25)26-20(2,3)4/h5-10,12H,11H2,1-4H3,(H,22,24)(H,23,25). The van der Waals surface area contributed by atoms with E-state index in [9.17, 15) is 14.0 Å². The van der Waals surface area contributed by atoms with Gasteiger partial charge >= 0.3 is 6.09 Å². The first-order valence-electron chi connectivity index (χ1n) is 8.28. The van der Waals surface area contributed by atoms with Crippen LogP contribution in [-0.4, -0.2) is 17.6 Å². The molecule has 2 aromatic carbocycles. The molecule has 26 heavy (non-hydrogen) atoms. The average molecular weight is 358 g/mol. The first-order chi connectivity index (χ1) is 12.1. The number of hydrogen-bond donors (Lipinski definition) is 2. The molecule has 0 atom stereocenters. The first-order valence-corrected chi connectivity index (χ1v) is 8.28. The molecule has 0 fully saturated rings. The number of halogens is 1. The fraction of sp³-hybridized carbons (Fsp3) is 0.300. The summed E-state index contributed by atoms with van der Waals surface area (Å²) in [5, 5.41) is 5.18. The number of anilines is 2. The van der Waals surface area contributed by atoms with Crippen LogP contribution in [0.3, 0.4) is 0 Å². The second-order valence-corrected chi connectivity index (χ2v) is 6.97. The third kappa shape index (κ3) is 5.88. The Kier molecular flexibility index (Phi) is 5.97. The van der Waals surface area contributed by atoms with Gasteiger partial charge in [0.1, 0.15) is 11.4 Å².